The molecular formula is C11H10BrClN2. The lowest BCUT2D eigenvalue weighted by Gasteiger charge is -2.08. The van der Waals surface area contributed by atoms with Gasteiger partial charge in [0.05, 0.1) is 15.0 Å². The van der Waals surface area contributed by atoms with Gasteiger partial charge in [0.1, 0.15) is 0 Å². The Labute approximate surface area is 102 Å². The van der Waals surface area contributed by atoms with E-state index >= 15 is 0 Å². The molecule has 0 fully saturated rings. The fourth-order valence-electron chi connectivity index (χ4n) is 1.50. The second-order valence-electron chi connectivity index (χ2n) is 3.15. The van der Waals surface area contributed by atoms with Crippen molar-refractivity contribution in [3.63, 3.8) is 0 Å². The molecule has 4 heteroatoms. The van der Waals surface area contributed by atoms with Crippen LogP contribution in [0, 0.1) is 0 Å². The highest BCUT2D eigenvalue weighted by molar-refractivity contribution is 9.10. The van der Waals surface area contributed by atoms with Gasteiger partial charge in [-0.1, -0.05) is 11.6 Å². The monoisotopic (exact) mass is 284 g/mol. The lowest BCUT2D eigenvalue weighted by atomic mass is 10.2. The minimum absolute atomic E-state index is 0.684. The van der Waals surface area contributed by atoms with E-state index in [2.05, 4.69) is 33.2 Å². The Hall–Kier alpha value is -0.800. The second-order valence-corrected chi connectivity index (χ2v) is 4.35. The molecule has 1 aromatic carbocycles. The highest BCUT2D eigenvalue weighted by Gasteiger charge is 2.07. The van der Waals surface area contributed by atoms with E-state index in [9.17, 15) is 0 Å². The Morgan fingerprint density at radius 2 is 2.20 bits per heavy atom. The number of hydrogen-bond acceptors (Lipinski definition) is 2. The number of nitrogens with zero attached hydrogens (tertiary/aromatic N) is 1. The van der Waals surface area contributed by atoms with E-state index in [-0.39, 0.29) is 0 Å². The highest BCUT2D eigenvalue weighted by Crippen LogP contribution is 2.32. The van der Waals surface area contributed by atoms with E-state index in [0.29, 0.717) is 5.02 Å². The van der Waals surface area contributed by atoms with Gasteiger partial charge >= 0.3 is 0 Å². The maximum atomic E-state index is 6.01. The number of anilines is 1. The van der Waals surface area contributed by atoms with Crippen molar-refractivity contribution < 1.29 is 0 Å². The van der Waals surface area contributed by atoms with Crippen LogP contribution >= 0.6 is 27.5 Å². The molecule has 2 nitrogen and oxygen atoms in total. The van der Waals surface area contributed by atoms with Gasteiger partial charge in [0.2, 0.25) is 0 Å². The lowest BCUT2D eigenvalue weighted by molar-refractivity contribution is 1.21. The normalized spacial score (nSPS) is 10.6. The van der Waals surface area contributed by atoms with Gasteiger partial charge in [-0.3, -0.25) is 4.98 Å². The van der Waals surface area contributed by atoms with Crippen LogP contribution in [0.1, 0.15) is 6.92 Å². The van der Waals surface area contributed by atoms with Gasteiger partial charge in [-0.05, 0) is 41.1 Å². The third kappa shape index (κ3) is 1.94. The molecule has 15 heavy (non-hydrogen) atoms. The van der Waals surface area contributed by atoms with Crippen LogP contribution in [-0.4, -0.2) is 11.5 Å². The molecule has 0 radical (unpaired) electrons. The van der Waals surface area contributed by atoms with E-state index in [1.54, 1.807) is 6.20 Å². The topological polar surface area (TPSA) is 24.9 Å². The molecule has 2 rings (SSSR count). The van der Waals surface area contributed by atoms with E-state index in [1.807, 2.05) is 18.2 Å². The summed E-state index contributed by atoms with van der Waals surface area (Å²) in [7, 11) is 0. The molecule has 0 aliphatic carbocycles. The number of halogens is 2. The predicted octanol–water partition coefficient (Wildman–Crippen LogP) is 4.08. The Morgan fingerprint density at radius 3 is 2.93 bits per heavy atom. The third-order valence-corrected chi connectivity index (χ3v) is 3.52. The average Bonchev–Trinajstić information content (AvgIpc) is 2.25. The molecule has 0 aliphatic rings. The van der Waals surface area contributed by atoms with Crippen molar-refractivity contribution >= 4 is 44.1 Å². The molecule has 0 bridgehead atoms. The maximum absolute atomic E-state index is 6.01. The molecule has 78 valence electrons. The fraction of sp³-hybridized carbons (Fsp3) is 0.182. The minimum Gasteiger partial charge on any atom is -0.385 e. The SMILES string of the molecule is CCNc1ccnc2c(Br)c(Cl)ccc12. The van der Waals surface area contributed by atoms with Gasteiger partial charge in [-0.25, -0.2) is 0 Å². The van der Waals surface area contributed by atoms with Crippen LogP contribution in [0.4, 0.5) is 5.69 Å². The number of benzene rings is 1. The quantitative estimate of drug-likeness (QED) is 0.899. The van der Waals surface area contributed by atoms with Crippen molar-refractivity contribution in [2.45, 2.75) is 6.92 Å². The van der Waals surface area contributed by atoms with E-state index in [0.717, 1.165) is 27.6 Å². The molecule has 2 aromatic rings. The van der Waals surface area contributed by atoms with Crippen LogP contribution in [0.3, 0.4) is 0 Å². The van der Waals surface area contributed by atoms with Crippen molar-refractivity contribution in [2.24, 2.45) is 0 Å². The summed E-state index contributed by atoms with van der Waals surface area (Å²) in [5.41, 5.74) is 1.97. The van der Waals surface area contributed by atoms with Crippen molar-refractivity contribution in [2.75, 3.05) is 11.9 Å². The first-order valence-corrected chi connectivity index (χ1v) is 5.87. The van der Waals surface area contributed by atoms with Crippen molar-refractivity contribution in [3.8, 4) is 0 Å². The zero-order valence-corrected chi connectivity index (χ0v) is 10.6. The molecule has 0 atom stereocenters. The summed E-state index contributed by atoms with van der Waals surface area (Å²) in [5, 5.41) is 5.06. The summed E-state index contributed by atoms with van der Waals surface area (Å²) in [6.45, 7) is 2.95. The standard InChI is InChI=1S/C11H10BrClN2/c1-2-14-9-5-6-15-11-7(9)3-4-8(13)10(11)12/h3-6H,2H2,1H3,(H,14,15). The van der Waals surface area contributed by atoms with Gasteiger partial charge in [0.15, 0.2) is 0 Å². The third-order valence-electron chi connectivity index (χ3n) is 2.17. The van der Waals surface area contributed by atoms with Gasteiger partial charge < -0.3 is 5.32 Å². The summed E-state index contributed by atoms with van der Waals surface area (Å²) < 4.78 is 0.849. The number of rotatable bonds is 2. The largest absolute Gasteiger partial charge is 0.385 e. The Balaban J connectivity index is 2.72. The van der Waals surface area contributed by atoms with Crippen LogP contribution in [0.25, 0.3) is 10.9 Å². The molecule has 1 aromatic heterocycles. The number of pyridine rings is 1. The molecule has 0 unspecified atom stereocenters. The molecule has 0 spiro atoms. The van der Waals surface area contributed by atoms with E-state index in [4.69, 9.17) is 11.6 Å². The summed E-state index contributed by atoms with van der Waals surface area (Å²) in [6, 6.07) is 5.82. The number of hydrogen-bond donors (Lipinski definition) is 1. The molecule has 0 saturated heterocycles. The Morgan fingerprint density at radius 1 is 1.40 bits per heavy atom. The summed E-state index contributed by atoms with van der Waals surface area (Å²) >= 11 is 9.45. The predicted molar refractivity (Wildman–Crippen MR) is 68.6 cm³/mol. The van der Waals surface area contributed by atoms with Crippen LogP contribution in [0.15, 0.2) is 28.9 Å². The Bertz CT molecular complexity index is 499. The van der Waals surface area contributed by atoms with Crippen molar-refractivity contribution in [1.82, 2.24) is 4.98 Å². The minimum atomic E-state index is 0.684. The summed E-state index contributed by atoms with van der Waals surface area (Å²) in [4.78, 5) is 4.31. The summed E-state index contributed by atoms with van der Waals surface area (Å²) in [5.74, 6) is 0. The number of fused-ring (bicyclic) bond motifs is 1. The first-order chi connectivity index (χ1) is 7.24. The molecule has 1 heterocycles. The summed E-state index contributed by atoms with van der Waals surface area (Å²) in [6.07, 6.45) is 1.78. The van der Waals surface area contributed by atoms with Gasteiger partial charge in [0, 0.05) is 23.8 Å². The first kappa shape index (κ1) is 10.7. The van der Waals surface area contributed by atoms with Crippen LogP contribution < -0.4 is 5.32 Å². The van der Waals surface area contributed by atoms with Crippen molar-refractivity contribution in [3.05, 3.63) is 33.9 Å². The van der Waals surface area contributed by atoms with Gasteiger partial charge in [-0.15, -0.1) is 0 Å². The molecule has 0 aliphatic heterocycles. The molecule has 1 N–H and O–H groups in total. The number of nitrogens with one attached hydrogen (secondary N) is 1. The Kier molecular flexibility index (Phi) is 3.12. The van der Waals surface area contributed by atoms with Crippen LogP contribution in [-0.2, 0) is 0 Å². The molecule has 0 amide bonds. The van der Waals surface area contributed by atoms with E-state index in [1.165, 1.54) is 0 Å². The van der Waals surface area contributed by atoms with Crippen molar-refractivity contribution in [1.29, 1.82) is 0 Å². The van der Waals surface area contributed by atoms with Gasteiger partial charge in [-0.2, -0.15) is 0 Å². The first-order valence-electron chi connectivity index (χ1n) is 4.70. The molecule has 0 saturated carbocycles. The highest BCUT2D eigenvalue weighted by atomic mass is 79.9. The number of aromatic nitrogens is 1. The molecular weight excluding hydrogens is 275 g/mol. The van der Waals surface area contributed by atoms with Crippen LogP contribution in [0.2, 0.25) is 5.02 Å². The maximum Gasteiger partial charge on any atom is 0.0879 e. The smallest absolute Gasteiger partial charge is 0.0879 e. The average molecular weight is 286 g/mol. The second kappa shape index (κ2) is 4.37. The zero-order valence-electron chi connectivity index (χ0n) is 8.22. The van der Waals surface area contributed by atoms with Crippen LogP contribution in [0.5, 0.6) is 0 Å². The van der Waals surface area contributed by atoms with Gasteiger partial charge in [0.25, 0.3) is 0 Å². The zero-order chi connectivity index (χ0) is 10.8. The fourth-order valence-corrected chi connectivity index (χ4v) is 2.10. The lowest BCUT2D eigenvalue weighted by Crippen LogP contribution is -1.97. The van der Waals surface area contributed by atoms with E-state index < -0.39 is 0 Å².